The maximum Gasteiger partial charge on any atom is 0.116 e. The fourth-order valence-corrected chi connectivity index (χ4v) is 3.32. The van der Waals surface area contributed by atoms with Gasteiger partial charge in [0, 0.05) is 11.1 Å². The minimum Gasteiger partial charge on any atom is -0.323 e. The van der Waals surface area contributed by atoms with E-state index in [2.05, 4.69) is 37.1 Å². The third kappa shape index (κ3) is 2.33. The smallest absolute Gasteiger partial charge is 0.116 e. The highest BCUT2D eigenvalue weighted by Crippen LogP contribution is 2.34. The van der Waals surface area contributed by atoms with Crippen LogP contribution >= 0.6 is 0 Å². The highest BCUT2D eigenvalue weighted by Gasteiger charge is 2.27. The summed E-state index contributed by atoms with van der Waals surface area (Å²) in [5, 5.41) is 12.5. The maximum absolute atomic E-state index is 8.56. The molecule has 1 aliphatic carbocycles. The summed E-state index contributed by atoms with van der Waals surface area (Å²) in [6, 6.07) is 16.3. The van der Waals surface area contributed by atoms with Crippen LogP contribution in [0.5, 0.6) is 0 Å². The van der Waals surface area contributed by atoms with Crippen LogP contribution in [0.4, 0.5) is 0 Å². The molecule has 0 aromatic heterocycles. The zero-order valence-corrected chi connectivity index (χ0v) is 13.0. The Labute approximate surface area is 131 Å². The summed E-state index contributed by atoms with van der Waals surface area (Å²) in [6.45, 7) is 4.49. The van der Waals surface area contributed by atoms with E-state index in [1.165, 1.54) is 11.1 Å². The van der Waals surface area contributed by atoms with E-state index in [4.69, 9.17) is 11.3 Å². The number of fused-ring (bicyclic) bond motifs is 2. The number of rotatable bonds is 1. The van der Waals surface area contributed by atoms with Gasteiger partial charge in [-0.25, -0.2) is 0 Å². The highest BCUT2D eigenvalue weighted by atomic mass is 15.1. The molecule has 3 heteroatoms. The number of benzene rings is 2. The standard InChI is InChI=1S/C19H21N3/c1-12(2)17-11-13-7-3-4-8-14(13)18(20)19(22-21)16-10-6-5-9-15(16)17/h3-10,12,17,20H,11,21H2,1-2H3/b20-18?,22-19-. The van der Waals surface area contributed by atoms with E-state index in [0.717, 1.165) is 17.5 Å². The van der Waals surface area contributed by atoms with Crippen LogP contribution in [0.15, 0.2) is 53.6 Å². The van der Waals surface area contributed by atoms with E-state index < -0.39 is 0 Å². The van der Waals surface area contributed by atoms with E-state index in [-0.39, 0.29) is 0 Å². The van der Waals surface area contributed by atoms with Crippen molar-refractivity contribution >= 4 is 11.4 Å². The molecule has 0 bridgehead atoms. The van der Waals surface area contributed by atoms with Gasteiger partial charge in [-0.15, -0.1) is 0 Å². The third-order valence-corrected chi connectivity index (χ3v) is 4.51. The van der Waals surface area contributed by atoms with Crippen molar-refractivity contribution in [2.45, 2.75) is 26.2 Å². The first kappa shape index (κ1) is 14.5. The first-order chi connectivity index (χ1) is 10.6. The van der Waals surface area contributed by atoms with Crippen LogP contribution in [-0.4, -0.2) is 11.4 Å². The lowest BCUT2D eigenvalue weighted by atomic mass is 9.76. The lowest BCUT2D eigenvalue weighted by molar-refractivity contribution is 0.494. The minimum absolute atomic E-state index is 0.391. The van der Waals surface area contributed by atoms with E-state index in [9.17, 15) is 0 Å². The van der Waals surface area contributed by atoms with E-state index in [1.54, 1.807) is 0 Å². The molecule has 1 unspecified atom stereocenters. The molecule has 3 nitrogen and oxygen atoms in total. The molecule has 1 aliphatic rings. The van der Waals surface area contributed by atoms with Crippen LogP contribution in [0, 0.1) is 11.3 Å². The average Bonchev–Trinajstić information content (AvgIpc) is 2.52. The predicted octanol–water partition coefficient (Wildman–Crippen LogP) is 3.71. The molecule has 0 saturated carbocycles. The van der Waals surface area contributed by atoms with Crippen LogP contribution in [0.1, 0.15) is 42.0 Å². The van der Waals surface area contributed by atoms with Crippen LogP contribution in [0.3, 0.4) is 0 Å². The molecule has 3 rings (SSSR count). The summed E-state index contributed by atoms with van der Waals surface area (Å²) in [7, 11) is 0. The molecule has 0 spiro atoms. The Morgan fingerprint density at radius 3 is 2.36 bits per heavy atom. The van der Waals surface area contributed by atoms with Crippen LogP contribution in [-0.2, 0) is 6.42 Å². The minimum atomic E-state index is 0.391. The number of nitrogens with two attached hydrogens (primary N) is 1. The van der Waals surface area contributed by atoms with Gasteiger partial charge in [0.25, 0.3) is 0 Å². The Hall–Kier alpha value is -2.42. The monoisotopic (exact) mass is 291 g/mol. The van der Waals surface area contributed by atoms with Crippen molar-refractivity contribution in [1.82, 2.24) is 0 Å². The Balaban J connectivity index is 2.28. The van der Waals surface area contributed by atoms with E-state index >= 15 is 0 Å². The maximum atomic E-state index is 8.56. The number of hydrogen-bond donors (Lipinski definition) is 2. The fraction of sp³-hybridized carbons (Fsp3) is 0.263. The second-order valence-corrected chi connectivity index (χ2v) is 6.15. The molecule has 112 valence electrons. The zero-order chi connectivity index (χ0) is 15.7. The normalized spacial score (nSPS) is 19.5. The van der Waals surface area contributed by atoms with Gasteiger partial charge in [0.2, 0.25) is 0 Å². The first-order valence-electron chi connectivity index (χ1n) is 7.68. The van der Waals surface area contributed by atoms with Crippen molar-refractivity contribution in [3.05, 3.63) is 70.8 Å². The molecule has 3 N–H and O–H groups in total. The number of hydrogen-bond acceptors (Lipinski definition) is 3. The second kappa shape index (κ2) is 5.76. The molecule has 22 heavy (non-hydrogen) atoms. The summed E-state index contributed by atoms with van der Waals surface area (Å²) in [5.41, 5.74) is 5.35. The van der Waals surface area contributed by atoms with Gasteiger partial charge in [-0.1, -0.05) is 62.4 Å². The van der Waals surface area contributed by atoms with Crippen LogP contribution < -0.4 is 5.84 Å². The molecular weight excluding hydrogens is 270 g/mol. The van der Waals surface area contributed by atoms with E-state index in [1.807, 2.05) is 30.3 Å². The van der Waals surface area contributed by atoms with Crippen molar-refractivity contribution in [2.24, 2.45) is 16.9 Å². The Morgan fingerprint density at radius 1 is 1.05 bits per heavy atom. The molecule has 1 atom stereocenters. The lowest BCUT2D eigenvalue weighted by Crippen LogP contribution is -2.26. The Bertz CT molecular complexity index is 744. The van der Waals surface area contributed by atoms with Gasteiger partial charge in [0.15, 0.2) is 0 Å². The molecule has 0 amide bonds. The average molecular weight is 291 g/mol. The third-order valence-electron chi connectivity index (χ3n) is 4.51. The number of nitrogens with zero attached hydrogens (tertiary/aromatic N) is 1. The summed E-state index contributed by atoms with van der Waals surface area (Å²) in [6.07, 6.45) is 0.936. The van der Waals surface area contributed by atoms with Crippen molar-refractivity contribution in [2.75, 3.05) is 0 Å². The van der Waals surface area contributed by atoms with Crippen molar-refractivity contribution < 1.29 is 0 Å². The highest BCUT2D eigenvalue weighted by molar-refractivity contribution is 6.53. The number of nitrogens with one attached hydrogen (secondary N) is 1. The molecule has 0 fully saturated rings. The quantitative estimate of drug-likeness (QED) is 0.610. The molecular formula is C19H21N3. The molecule has 0 aliphatic heterocycles. The van der Waals surface area contributed by atoms with Gasteiger partial charge in [-0.2, -0.15) is 5.10 Å². The Morgan fingerprint density at radius 2 is 1.68 bits per heavy atom. The van der Waals surface area contributed by atoms with Gasteiger partial charge >= 0.3 is 0 Å². The largest absolute Gasteiger partial charge is 0.323 e. The first-order valence-corrected chi connectivity index (χ1v) is 7.68. The van der Waals surface area contributed by atoms with Gasteiger partial charge in [0.1, 0.15) is 5.71 Å². The molecule has 0 heterocycles. The molecule has 0 saturated heterocycles. The molecule has 0 radical (unpaired) electrons. The van der Waals surface area contributed by atoms with Crippen molar-refractivity contribution in [3.8, 4) is 0 Å². The van der Waals surface area contributed by atoms with Gasteiger partial charge in [0.05, 0.1) is 5.71 Å². The van der Waals surface area contributed by atoms with Crippen molar-refractivity contribution in [3.63, 3.8) is 0 Å². The van der Waals surface area contributed by atoms with Gasteiger partial charge in [-0.3, -0.25) is 5.41 Å². The second-order valence-electron chi connectivity index (χ2n) is 6.15. The van der Waals surface area contributed by atoms with E-state index in [0.29, 0.717) is 23.3 Å². The number of hydrazone groups is 1. The van der Waals surface area contributed by atoms with Gasteiger partial charge in [-0.05, 0) is 29.4 Å². The summed E-state index contributed by atoms with van der Waals surface area (Å²) < 4.78 is 0. The van der Waals surface area contributed by atoms with Crippen LogP contribution in [0.2, 0.25) is 0 Å². The summed E-state index contributed by atoms with van der Waals surface area (Å²) >= 11 is 0. The fourth-order valence-electron chi connectivity index (χ4n) is 3.32. The molecule has 2 aromatic carbocycles. The topological polar surface area (TPSA) is 62.2 Å². The zero-order valence-electron chi connectivity index (χ0n) is 13.0. The summed E-state index contributed by atoms with van der Waals surface area (Å²) in [4.78, 5) is 0. The van der Waals surface area contributed by atoms with Crippen LogP contribution in [0.25, 0.3) is 0 Å². The van der Waals surface area contributed by atoms with Crippen molar-refractivity contribution in [1.29, 1.82) is 5.41 Å². The van der Waals surface area contributed by atoms with Gasteiger partial charge < -0.3 is 5.84 Å². The Kier molecular flexibility index (Phi) is 3.80. The summed E-state index contributed by atoms with van der Waals surface area (Å²) in [5.74, 6) is 6.55. The SMILES string of the molecule is CC(C)C1Cc2ccccc2C(=N)/C(=N\N)c2ccccc21. The lowest BCUT2D eigenvalue weighted by Gasteiger charge is -2.28. The molecule has 2 aromatic rings. The predicted molar refractivity (Wildman–Crippen MR) is 91.7 cm³/mol.